The number of nitrogens with zero attached hydrogens (tertiary/aromatic N) is 2. The number of anilines is 1. The minimum atomic E-state index is -0.172. The summed E-state index contributed by atoms with van der Waals surface area (Å²) >= 11 is 0. The quantitative estimate of drug-likeness (QED) is 0.330. The SMILES string of the molecule is CN=C(NCCCN(C)c1ccccc1F)NC1CC1.I. The number of guanidine groups is 1. The maximum Gasteiger partial charge on any atom is 0.191 e. The molecule has 0 unspecified atom stereocenters. The van der Waals surface area contributed by atoms with Crippen LogP contribution < -0.4 is 15.5 Å². The predicted octanol–water partition coefficient (Wildman–Crippen LogP) is 2.60. The molecule has 0 atom stereocenters. The summed E-state index contributed by atoms with van der Waals surface area (Å²) < 4.78 is 13.6. The number of hydrogen-bond donors (Lipinski definition) is 2. The lowest BCUT2D eigenvalue weighted by Crippen LogP contribution is -2.39. The van der Waals surface area contributed by atoms with Crippen LogP contribution >= 0.6 is 24.0 Å². The molecule has 0 aliphatic heterocycles. The van der Waals surface area contributed by atoms with Gasteiger partial charge < -0.3 is 15.5 Å². The second-order valence-electron chi connectivity index (χ2n) is 5.14. The van der Waals surface area contributed by atoms with Crippen LogP contribution in [0.4, 0.5) is 10.1 Å². The Kier molecular flexibility index (Phi) is 7.77. The van der Waals surface area contributed by atoms with E-state index in [4.69, 9.17) is 0 Å². The van der Waals surface area contributed by atoms with Crippen LogP contribution in [-0.2, 0) is 0 Å². The number of benzene rings is 1. The lowest BCUT2D eigenvalue weighted by Gasteiger charge is -2.20. The Balaban J connectivity index is 0.00000220. The average molecular weight is 406 g/mol. The molecule has 0 aromatic heterocycles. The fraction of sp³-hybridized carbons (Fsp3) is 0.533. The van der Waals surface area contributed by atoms with Crippen LogP contribution in [0.3, 0.4) is 0 Å². The Bertz CT molecular complexity index is 463. The zero-order valence-electron chi connectivity index (χ0n) is 12.6. The topological polar surface area (TPSA) is 39.7 Å². The van der Waals surface area contributed by atoms with Crippen LogP contribution in [0.2, 0.25) is 0 Å². The smallest absolute Gasteiger partial charge is 0.191 e. The van der Waals surface area contributed by atoms with Gasteiger partial charge in [-0.25, -0.2) is 4.39 Å². The Hall–Kier alpha value is -1.05. The minimum Gasteiger partial charge on any atom is -0.372 e. The van der Waals surface area contributed by atoms with Crippen LogP contribution in [0, 0.1) is 5.82 Å². The Morgan fingerprint density at radius 2 is 2.10 bits per heavy atom. The molecule has 1 aromatic rings. The van der Waals surface area contributed by atoms with Crippen molar-refractivity contribution in [2.75, 3.05) is 32.1 Å². The number of aliphatic imine (C=N–C) groups is 1. The van der Waals surface area contributed by atoms with Crippen molar-refractivity contribution in [1.82, 2.24) is 10.6 Å². The van der Waals surface area contributed by atoms with Gasteiger partial charge in [0.05, 0.1) is 5.69 Å². The molecular weight excluding hydrogens is 382 g/mol. The van der Waals surface area contributed by atoms with Crippen molar-refractivity contribution in [3.05, 3.63) is 30.1 Å². The van der Waals surface area contributed by atoms with Crippen molar-refractivity contribution in [2.24, 2.45) is 4.99 Å². The summed E-state index contributed by atoms with van der Waals surface area (Å²) in [5.74, 6) is 0.690. The van der Waals surface area contributed by atoms with Gasteiger partial charge in [-0.15, -0.1) is 24.0 Å². The number of para-hydroxylation sites is 1. The molecule has 1 saturated carbocycles. The van der Waals surface area contributed by atoms with E-state index in [2.05, 4.69) is 15.6 Å². The molecule has 118 valence electrons. The van der Waals surface area contributed by atoms with Gasteiger partial charge in [-0.2, -0.15) is 0 Å². The molecule has 4 nitrogen and oxygen atoms in total. The average Bonchev–Trinajstić information content (AvgIpc) is 3.26. The molecule has 1 aliphatic rings. The molecule has 1 aromatic carbocycles. The zero-order valence-corrected chi connectivity index (χ0v) is 14.9. The Labute approximate surface area is 143 Å². The number of nitrogens with one attached hydrogen (secondary N) is 2. The maximum absolute atomic E-state index is 13.6. The van der Waals surface area contributed by atoms with Crippen LogP contribution in [-0.4, -0.2) is 39.2 Å². The van der Waals surface area contributed by atoms with Crippen molar-refractivity contribution in [3.8, 4) is 0 Å². The van der Waals surface area contributed by atoms with Gasteiger partial charge >= 0.3 is 0 Å². The zero-order chi connectivity index (χ0) is 14.4. The summed E-state index contributed by atoms with van der Waals surface area (Å²) in [7, 11) is 3.69. The molecule has 6 heteroatoms. The van der Waals surface area contributed by atoms with Crippen LogP contribution in [0.15, 0.2) is 29.3 Å². The molecule has 1 aliphatic carbocycles. The summed E-state index contributed by atoms with van der Waals surface area (Å²) in [4.78, 5) is 6.12. The fourth-order valence-electron chi connectivity index (χ4n) is 2.02. The molecule has 1 fully saturated rings. The van der Waals surface area contributed by atoms with E-state index < -0.39 is 0 Å². The number of halogens is 2. The van der Waals surface area contributed by atoms with Crippen molar-refractivity contribution in [2.45, 2.75) is 25.3 Å². The van der Waals surface area contributed by atoms with Crippen LogP contribution in [0.5, 0.6) is 0 Å². The highest BCUT2D eigenvalue weighted by Crippen LogP contribution is 2.18. The summed E-state index contributed by atoms with van der Waals surface area (Å²) in [6, 6.07) is 7.46. The molecule has 0 spiro atoms. The third kappa shape index (κ3) is 6.07. The van der Waals surface area contributed by atoms with E-state index in [0.29, 0.717) is 11.7 Å². The third-order valence-electron chi connectivity index (χ3n) is 3.37. The molecule has 0 saturated heterocycles. The number of hydrogen-bond acceptors (Lipinski definition) is 2. The van der Waals surface area contributed by atoms with Gasteiger partial charge in [0.1, 0.15) is 5.82 Å². The molecular formula is C15H24FIN4. The van der Waals surface area contributed by atoms with Gasteiger partial charge in [-0.05, 0) is 31.4 Å². The predicted molar refractivity (Wildman–Crippen MR) is 97.2 cm³/mol. The summed E-state index contributed by atoms with van der Waals surface area (Å²) in [6.07, 6.45) is 3.39. The van der Waals surface area contributed by atoms with Crippen LogP contribution in [0.1, 0.15) is 19.3 Å². The lowest BCUT2D eigenvalue weighted by molar-refractivity contribution is 0.619. The van der Waals surface area contributed by atoms with Gasteiger partial charge in [-0.3, -0.25) is 4.99 Å². The second kappa shape index (κ2) is 9.07. The molecule has 0 amide bonds. The third-order valence-corrected chi connectivity index (χ3v) is 3.37. The van der Waals surface area contributed by atoms with Gasteiger partial charge in [0.15, 0.2) is 5.96 Å². The first-order valence-corrected chi connectivity index (χ1v) is 7.13. The van der Waals surface area contributed by atoms with Gasteiger partial charge in [0.25, 0.3) is 0 Å². The first kappa shape index (κ1) is 18.0. The van der Waals surface area contributed by atoms with E-state index in [1.807, 2.05) is 18.0 Å². The Morgan fingerprint density at radius 1 is 1.38 bits per heavy atom. The van der Waals surface area contributed by atoms with E-state index in [0.717, 1.165) is 25.5 Å². The molecule has 21 heavy (non-hydrogen) atoms. The molecule has 2 rings (SSSR count). The minimum absolute atomic E-state index is 0. The van der Waals surface area contributed by atoms with Crippen molar-refractivity contribution >= 4 is 35.6 Å². The van der Waals surface area contributed by atoms with E-state index in [1.165, 1.54) is 18.9 Å². The number of rotatable bonds is 6. The van der Waals surface area contributed by atoms with Crippen molar-refractivity contribution in [3.63, 3.8) is 0 Å². The maximum atomic E-state index is 13.6. The second-order valence-corrected chi connectivity index (χ2v) is 5.14. The van der Waals surface area contributed by atoms with E-state index in [-0.39, 0.29) is 29.8 Å². The standard InChI is InChI=1S/C15H23FN4.HI/c1-17-15(19-12-8-9-12)18-10-5-11-20(2)14-7-4-3-6-13(14)16;/h3-4,6-7,12H,5,8-11H2,1-2H3,(H2,17,18,19);1H. The van der Waals surface area contributed by atoms with E-state index in [9.17, 15) is 4.39 Å². The molecule has 0 heterocycles. The van der Waals surface area contributed by atoms with Crippen LogP contribution in [0.25, 0.3) is 0 Å². The van der Waals surface area contributed by atoms with Gasteiger partial charge in [0.2, 0.25) is 0 Å². The highest BCUT2D eigenvalue weighted by atomic mass is 127. The summed E-state index contributed by atoms with van der Waals surface area (Å²) in [5.41, 5.74) is 0.646. The summed E-state index contributed by atoms with van der Waals surface area (Å²) in [6.45, 7) is 1.62. The first-order valence-electron chi connectivity index (χ1n) is 7.13. The van der Waals surface area contributed by atoms with Crippen molar-refractivity contribution in [1.29, 1.82) is 0 Å². The monoisotopic (exact) mass is 406 g/mol. The first-order chi connectivity index (χ1) is 9.70. The Morgan fingerprint density at radius 3 is 2.71 bits per heavy atom. The molecule has 0 bridgehead atoms. The fourth-order valence-corrected chi connectivity index (χ4v) is 2.02. The highest BCUT2D eigenvalue weighted by Gasteiger charge is 2.21. The molecule has 0 radical (unpaired) electrons. The largest absolute Gasteiger partial charge is 0.372 e. The lowest BCUT2D eigenvalue weighted by atomic mass is 10.2. The van der Waals surface area contributed by atoms with Gasteiger partial charge in [0, 0.05) is 33.2 Å². The molecule has 2 N–H and O–H groups in total. The highest BCUT2D eigenvalue weighted by molar-refractivity contribution is 14.0. The van der Waals surface area contributed by atoms with Gasteiger partial charge in [-0.1, -0.05) is 12.1 Å². The normalized spacial score (nSPS) is 14.3. The van der Waals surface area contributed by atoms with E-state index in [1.54, 1.807) is 19.2 Å². The summed E-state index contributed by atoms with van der Waals surface area (Å²) in [5, 5.41) is 6.62. The van der Waals surface area contributed by atoms with E-state index >= 15 is 0 Å². The van der Waals surface area contributed by atoms with Crippen molar-refractivity contribution < 1.29 is 4.39 Å².